The lowest BCUT2D eigenvalue weighted by molar-refractivity contribution is 0.121. The molecule has 30 heavy (non-hydrogen) atoms. The van der Waals surface area contributed by atoms with Crippen molar-refractivity contribution in [1.82, 2.24) is 19.5 Å². The number of hydrogen-bond acceptors (Lipinski definition) is 7. The summed E-state index contributed by atoms with van der Waals surface area (Å²) in [6.07, 6.45) is 4.62. The van der Waals surface area contributed by atoms with Crippen LogP contribution in [0.3, 0.4) is 0 Å². The molecule has 9 nitrogen and oxygen atoms in total. The van der Waals surface area contributed by atoms with E-state index in [0.717, 1.165) is 29.6 Å². The number of H-pyrrole nitrogens is 1. The molecule has 4 N–H and O–H groups in total. The van der Waals surface area contributed by atoms with Crippen LogP contribution >= 0.6 is 0 Å². The average molecular weight is 413 g/mol. The summed E-state index contributed by atoms with van der Waals surface area (Å²) >= 11 is 0. The van der Waals surface area contributed by atoms with Crippen LogP contribution in [0.5, 0.6) is 0 Å². The van der Waals surface area contributed by atoms with Gasteiger partial charge < -0.3 is 20.1 Å². The van der Waals surface area contributed by atoms with Gasteiger partial charge >= 0.3 is 5.69 Å². The first-order valence-corrected chi connectivity index (χ1v) is 10.5. The Hall–Kier alpha value is -2.78. The number of aryl methyl sites for hydroxylation is 2. The van der Waals surface area contributed by atoms with Crippen LogP contribution in [0.2, 0.25) is 0 Å². The van der Waals surface area contributed by atoms with Crippen LogP contribution in [-0.2, 0) is 6.54 Å². The van der Waals surface area contributed by atoms with Crippen LogP contribution in [0, 0.1) is 6.92 Å². The summed E-state index contributed by atoms with van der Waals surface area (Å²) in [5, 5.41) is 22.8. The Bertz CT molecular complexity index is 1130. The largest absolute Gasteiger partial charge is 0.396 e. The third-order valence-corrected chi connectivity index (χ3v) is 5.82. The van der Waals surface area contributed by atoms with Crippen LogP contribution in [0.15, 0.2) is 21.7 Å². The van der Waals surface area contributed by atoms with E-state index in [1.54, 1.807) is 4.57 Å². The normalized spacial score (nSPS) is 15.8. The lowest BCUT2D eigenvalue weighted by Crippen LogP contribution is -2.29. The molecule has 1 atom stereocenters. The van der Waals surface area contributed by atoms with Gasteiger partial charge in [-0.15, -0.1) is 0 Å². The topological polar surface area (TPSA) is 133 Å². The summed E-state index contributed by atoms with van der Waals surface area (Å²) in [6.45, 7) is 2.22. The van der Waals surface area contributed by atoms with Gasteiger partial charge in [-0.25, -0.2) is 9.78 Å². The second-order valence-electron chi connectivity index (χ2n) is 8.04. The fourth-order valence-corrected chi connectivity index (χ4v) is 4.19. The Morgan fingerprint density at radius 3 is 2.73 bits per heavy atom. The van der Waals surface area contributed by atoms with E-state index in [1.807, 2.05) is 19.1 Å². The number of hydrogen-bond donors (Lipinski definition) is 4. The van der Waals surface area contributed by atoms with Crippen LogP contribution < -0.4 is 16.6 Å². The zero-order valence-electron chi connectivity index (χ0n) is 17.0. The number of nitrogens with one attached hydrogen (secondary N) is 2. The van der Waals surface area contributed by atoms with E-state index in [9.17, 15) is 14.7 Å². The van der Waals surface area contributed by atoms with Crippen molar-refractivity contribution in [2.75, 3.05) is 11.9 Å². The molecule has 0 bridgehead atoms. The monoisotopic (exact) mass is 413 g/mol. The molecular formula is C21H27N5O4. The van der Waals surface area contributed by atoms with Crippen molar-refractivity contribution in [3.8, 4) is 11.5 Å². The van der Waals surface area contributed by atoms with Gasteiger partial charge in [0.1, 0.15) is 0 Å². The molecule has 160 valence electrons. The minimum Gasteiger partial charge on any atom is -0.396 e. The maximum atomic E-state index is 12.4. The Morgan fingerprint density at radius 2 is 2.00 bits per heavy atom. The summed E-state index contributed by atoms with van der Waals surface area (Å²) in [5.74, 6) is 0.197. The minimum atomic E-state index is -0.727. The number of fused-ring (bicyclic) bond motifs is 2. The third-order valence-electron chi connectivity index (χ3n) is 5.82. The van der Waals surface area contributed by atoms with Crippen LogP contribution in [0.25, 0.3) is 22.6 Å². The summed E-state index contributed by atoms with van der Waals surface area (Å²) < 4.78 is 1.77. The molecule has 1 saturated carbocycles. The molecule has 1 fully saturated rings. The van der Waals surface area contributed by atoms with Gasteiger partial charge in [0.25, 0.3) is 5.56 Å². The van der Waals surface area contributed by atoms with Gasteiger partial charge in [-0.1, -0.05) is 12.8 Å². The molecule has 0 spiro atoms. The van der Waals surface area contributed by atoms with Crippen LogP contribution in [0.4, 0.5) is 5.69 Å². The summed E-state index contributed by atoms with van der Waals surface area (Å²) in [5.41, 5.74) is 2.17. The van der Waals surface area contributed by atoms with E-state index in [1.165, 1.54) is 12.8 Å². The predicted octanol–water partition coefficient (Wildman–Crippen LogP) is 1.38. The first-order valence-electron chi connectivity index (χ1n) is 10.5. The number of aliphatic hydroxyl groups is 2. The zero-order valence-corrected chi connectivity index (χ0v) is 17.0. The molecule has 1 aromatic rings. The average Bonchev–Trinajstić information content (AvgIpc) is 3.20. The smallest absolute Gasteiger partial charge is 0.349 e. The van der Waals surface area contributed by atoms with Crippen molar-refractivity contribution in [3.05, 3.63) is 38.5 Å². The molecule has 9 heteroatoms. The lowest BCUT2D eigenvalue weighted by atomic mass is 10.1. The second kappa shape index (κ2) is 8.53. The minimum absolute atomic E-state index is 0.0923. The van der Waals surface area contributed by atoms with E-state index >= 15 is 0 Å². The number of aromatic amines is 1. The number of nitrogens with zero attached hydrogens (tertiary/aromatic N) is 3. The van der Waals surface area contributed by atoms with E-state index in [0.29, 0.717) is 24.5 Å². The summed E-state index contributed by atoms with van der Waals surface area (Å²) in [6, 6.07) is 4.35. The molecular weight excluding hydrogens is 386 g/mol. The molecule has 0 saturated heterocycles. The van der Waals surface area contributed by atoms with E-state index in [2.05, 4.69) is 20.3 Å². The third kappa shape index (κ3) is 4.08. The Morgan fingerprint density at radius 1 is 1.23 bits per heavy atom. The van der Waals surface area contributed by atoms with Crippen LogP contribution in [0.1, 0.15) is 44.1 Å². The maximum Gasteiger partial charge on any atom is 0.349 e. The molecule has 0 aromatic heterocycles. The number of benzene rings is 1. The second-order valence-corrected chi connectivity index (χ2v) is 8.04. The molecule has 1 aliphatic carbocycles. The maximum absolute atomic E-state index is 12.4. The highest BCUT2D eigenvalue weighted by molar-refractivity contribution is 5.84. The highest BCUT2D eigenvalue weighted by atomic mass is 16.3. The lowest BCUT2D eigenvalue weighted by Gasteiger charge is -2.21. The van der Waals surface area contributed by atoms with Crippen molar-refractivity contribution in [2.45, 2.75) is 64.1 Å². The van der Waals surface area contributed by atoms with Crippen molar-refractivity contribution in [2.24, 2.45) is 0 Å². The van der Waals surface area contributed by atoms with E-state index in [4.69, 9.17) is 5.11 Å². The molecule has 2 heterocycles. The molecule has 2 aliphatic heterocycles. The summed E-state index contributed by atoms with van der Waals surface area (Å²) in [4.78, 5) is 34.9. The molecule has 0 unspecified atom stereocenters. The summed E-state index contributed by atoms with van der Waals surface area (Å²) in [7, 11) is 0. The molecule has 0 radical (unpaired) electrons. The van der Waals surface area contributed by atoms with Crippen LogP contribution in [-0.4, -0.2) is 48.5 Å². The fraction of sp³-hybridized carbons (Fsp3) is 0.524. The first kappa shape index (κ1) is 20.5. The highest BCUT2D eigenvalue weighted by Gasteiger charge is 2.21. The number of anilines is 1. The van der Waals surface area contributed by atoms with Gasteiger partial charge in [0.2, 0.25) is 0 Å². The number of aromatic nitrogens is 4. The molecule has 0 amide bonds. The van der Waals surface area contributed by atoms with Gasteiger partial charge in [-0.2, -0.15) is 4.98 Å². The van der Waals surface area contributed by atoms with Gasteiger partial charge in [0, 0.05) is 24.9 Å². The van der Waals surface area contributed by atoms with Gasteiger partial charge in [-0.05, 0) is 50.3 Å². The van der Waals surface area contributed by atoms with Crippen molar-refractivity contribution in [1.29, 1.82) is 0 Å². The quantitative estimate of drug-likeness (QED) is 0.430. The zero-order chi connectivity index (χ0) is 21.3. The molecule has 1 aromatic carbocycles. The van der Waals surface area contributed by atoms with E-state index < -0.39 is 17.4 Å². The van der Waals surface area contributed by atoms with Gasteiger partial charge in [0.15, 0.2) is 11.5 Å². The van der Waals surface area contributed by atoms with E-state index in [-0.39, 0.29) is 24.5 Å². The van der Waals surface area contributed by atoms with Crippen molar-refractivity contribution < 1.29 is 10.2 Å². The SMILES string of the molecule is Cc1cc2nc3c(=O)[nH]c(=O)nc-3n(CC[C@H](O)CCO)c2cc1NC1CCCC1. The van der Waals surface area contributed by atoms with Crippen molar-refractivity contribution >= 4 is 16.7 Å². The first-order chi connectivity index (χ1) is 14.5. The Balaban J connectivity index is 1.86. The number of rotatable bonds is 7. The van der Waals surface area contributed by atoms with Crippen molar-refractivity contribution in [3.63, 3.8) is 0 Å². The standard InChI is InChI=1S/C21H27N5O4/c1-12-10-16-17(11-15(12)22-13-4-2-3-5-13)26(8-6-14(28)7-9-27)19-18(23-16)20(29)25-21(30)24-19/h10-11,13-14,22,27-28H,2-9H2,1H3,(H,25,29,30)/t14-/m0/s1. The van der Waals surface area contributed by atoms with Gasteiger partial charge in [-0.3, -0.25) is 9.78 Å². The molecule has 3 aliphatic rings. The van der Waals surface area contributed by atoms with Gasteiger partial charge in [0.05, 0.1) is 17.1 Å². The Kier molecular flexibility index (Phi) is 5.83. The number of aliphatic hydroxyl groups excluding tert-OH is 2. The fourth-order valence-electron chi connectivity index (χ4n) is 4.19. The molecule has 4 rings (SSSR count). The predicted molar refractivity (Wildman–Crippen MR) is 114 cm³/mol. The highest BCUT2D eigenvalue weighted by Crippen LogP contribution is 2.29. The Labute approximate surface area is 173 Å².